The third-order valence-electron chi connectivity index (χ3n) is 2.97. The zero-order valence-electron chi connectivity index (χ0n) is 10.6. The normalized spacial score (nSPS) is 10.5. The first-order valence-electron chi connectivity index (χ1n) is 5.70. The minimum Gasteiger partial charge on any atom is -0.348 e. The van der Waals surface area contributed by atoms with Crippen LogP contribution in [-0.4, -0.2) is 15.7 Å². The number of benzene rings is 1. The van der Waals surface area contributed by atoms with Gasteiger partial charge in [-0.25, -0.2) is 8.78 Å². The van der Waals surface area contributed by atoms with Crippen LogP contribution in [0.1, 0.15) is 21.6 Å². The summed E-state index contributed by atoms with van der Waals surface area (Å²) >= 11 is 0. The lowest BCUT2D eigenvalue weighted by Crippen LogP contribution is -2.24. The molecule has 0 spiro atoms. The van der Waals surface area contributed by atoms with Gasteiger partial charge < -0.3 is 5.32 Å². The predicted octanol–water partition coefficient (Wildman–Crippen LogP) is 1.94. The van der Waals surface area contributed by atoms with E-state index in [1.54, 1.807) is 17.9 Å². The molecule has 4 nitrogen and oxygen atoms in total. The van der Waals surface area contributed by atoms with Gasteiger partial charge in [-0.1, -0.05) is 6.07 Å². The standard InChI is InChI=1S/C13H13F2N3O/c1-8-9(7-17-18(8)2)6-16-13(19)10-4-3-5-11(14)12(10)15/h3-5,7H,6H2,1-2H3,(H,16,19). The van der Waals surface area contributed by atoms with Crippen molar-refractivity contribution < 1.29 is 13.6 Å². The van der Waals surface area contributed by atoms with Gasteiger partial charge in [-0.3, -0.25) is 9.48 Å². The molecule has 0 aliphatic rings. The van der Waals surface area contributed by atoms with Crippen molar-refractivity contribution >= 4 is 5.91 Å². The number of nitrogens with one attached hydrogen (secondary N) is 1. The van der Waals surface area contributed by atoms with Crippen molar-refractivity contribution in [1.29, 1.82) is 0 Å². The van der Waals surface area contributed by atoms with Crippen molar-refractivity contribution in [2.75, 3.05) is 0 Å². The van der Waals surface area contributed by atoms with E-state index in [-0.39, 0.29) is 12.1 Å². The van der Waals surface area contributed by atoms with Crippen LogP contribution in [0.25, 0.3) is 0 Å². The fourth-order valence-corrected chi connectivity index (χ4v) is 1.67. The quantitative estimate of drug-likeness (QED) is 0.921. The molecule has 2 aromatic rings. The SMILES string of the molecule is Cc1c(CNC(=O)c2cccc(F)c2F)cnn1C. The van der Waals surface area contributed by atoms with Crippen LogP contribution in [0, 0.1) is 18.6 Å². The Morgan fingerprint density at radius 2 is 2.16 bits per heavy atom. The summed E-state index contributed by atoms with van der Waals surface area (Å²) in [5, 5.41) is 6.57. The van der Waals surface area contributed by atoms with E-state index in [4.69, 9.17) is 0 Å². The van der Waals surface area contributed by atoms with Gasteiger partial charge in [0.25, 0.3) is 5.91 Å². The monoisotopic (exact) mass is 265 g/mol. The number of amides is 1. The molecule has 0 unspecified atom stereocenters. The Hall–Kier alpha value is -2.24. The first-order valence-corrected chi connectivity index (χ1v) is 5.70. The molecule has 0 aliphatic carbocycles. The molecule has 0 fully saturated rings. The number of aryl methyl sites for hydroxylation is 1. The average molecular weight is 265 g/mol. The Morgan fingerprint density at radius 3 is 2.79 bits per heavy atom. The highest BCUT2D eigenvalue weighted by atomic mass is 19.2. The van der Waals surface area contributed by atoms with Crippen molar-refractivity contribution in [2.45, 2.75) is 13.5 Å². The lowest BCUT2D eigenvalue weighted by atomic mass is 10.2. The number of hydrogen-bond donors (Lipinski definition) is 1. The topological polar surface area (TPSA) is 46.9 Å². The van der Waals surface area contributed by atoms with Gasteiger partial charge >= 0.3 is 0 Å². The van der Waals surface area contributed by atoms with Gasteiger partial charge in [0.15, 0.2) is 11.6 Å². The number of aromatic nitrogens is 2. The highest BCUT2D eigenvalue weighted by molar-refractivity contribution is 5.94. The van der Waals surface area contributed by atoms with Crippen LogP contribution in [0.2, 0.25) is 0 Å². The number of carbonyl (C=O) groups is 1. The van der Waals surface area contributed by atoms with E-state index >= 15 is 0 Å². The second-order valence-electron chi connectivity index (χ2n) is 4.16. The minimum atomic E-state index is -1.14. The molecule has 0 bridgehead atoms. The van der Waals surface area contributed by atoms with E-state index in [1.807, 2.05) is 6.92 Å². The van der Waals surface area contributed by atoms with Crippen molar-refractivity contribution in [3.8, 4) is 0 Å². The summed E-state index contributed by atoms with van der Waals surface area (Å²) < 4.78 is 28.1. The number of rotatable bonds is 3. The molecule has 0 saturated carbocycles. The molecule has 6 heteroatoms. The number of carbonyl (C=O) groups excluding carboxylic acids is 1. The molecule has 0 saturated heterocycles. The van der Waals surface area contributed by atoms with Gasteiger partial charge in [0.2, 0.25) is 0 Å². The average Bonchev–Trinajstić information content (AvgIpc) is 2.70. The van der Waals surface area contributed by atoms with E-state index in [0.29, 0.717) is 0 Å². The maximum Gasteiger partial charge on any atom is 0.254 e. The minimum absolute atomic E-state index is 0.217. The maximum absolute atomic E-state index is 13.4. The Morgan fingerprint density at radius 1 is 1.42 bits per heavy atom. The Kier molecular flexibility index (Phi) is 3.59. The van der Waals surface area contributed by atoms with Crippen molar-refractivity contribution in [1.82, 2.24) is 15.1 Å². The van der Waals surface area contributed by atoms with Crippen LogP contribution in [-0.2, 0) is 13.6 Å². The number of nitrogens with zero attached hydrogens (tertiary/aromatic N) is 2. The third kappa shape index (κ3) is 2.62. The van der Waals surface area contributed by atoms with Crippen LogP contribution in [0.3, 0.4) is 0 Å². The molecule has 1 amide bonds. The van der Waals surface area contributed by atoms with Crippen molar-refractivity contribution in [3.63, 3.8) is 0 Å². The van der Waals surface area contributed by atoms with Gasteiger partial charge in [0, 0.05) is 24.8 Å². The smallest absolute Gasteiger partial charge is 0.254 e. The van der Waals surface area contributed by atoms with Gasteiger partial charge in [-0.05, 0) is 19.1 Å². The van der Waals surface area contributed by atoms with Gasteiger partial charge in [-0.15, -0.1) is 0 Å². The Labute approximate surface area is 109 Å². The molecule has 2 rings (SSSR count). The molecule has 1 N–H and O–H groups in total. The van der Waals surface area contributed by atoms with E-state index in [0.717, 1.165) is 17.3 Å². The first kappa shape index (κ1) is 13.2. The fourth-order valence-electron chi connectivity index (χ4n) is 1.67. The highest BCUT2D eigenvalue weighted by Gasteiger charge is 2.15. The second kappa shape index (κ2) is 5.17. The molecule has 0 aliphatic heterocycles. The number of halogens is 2. The summed E-state index contributed by atoms with van der Waals surface area (Å²) in [5.74, 6) is -2.83. The molecule has 0 atom stereocenters. The Bertz CT molecular complexity index is 622. The third-order valence-corrected chi connectivity index (χ3v) is 2.97. The molecular weight excluding hydrogens is 252 g/mol. The van der Waals surface area contributed by atoms with Crippen LogP contribution in [0.4, 0.5) is 8.78 Å². The largest absolute Gasteiger partial charge is 0.348 e. The molecular formula is C13H13F2N3O. The lowest BCUT2D eigenvalue weighted by Gasteiger charge is -2.06. The van der Waals surface area contributed by atoms with E-state index in [2.05, 4.69) is 10.4 Å². The van der Waals surface area contributed by atoms with E-state index < -0.39 is 17.5 Å². The summed E-state index contributed by atoms with van der Waals surface area (Å²) in [6, 6.07) is 3.50. The molecule has 0 radical (unpaired) electrons. The summed E-state index contributed by atoms with van der Waals surface area (Å²) in [7, 11) is 1.78. The molecule has 19 heavy (non-hydrogen) atoms. The Balaban J connectivity index is 2.10. The van der Waals surface area contributed by atoms with Crippen LogP contribution in [0.5, 0.6) is 0 Å². The summed E-state index contributed by atoms with van der Waals surface area (Å²) in [6.07, 6.45) is 1.62. The van der Waals surface area contributed by atoms with E-state index in [9.17, 15) is 13.6 Å². The van der Waals surface area contributed by atoms with Crippen molar-refractivity contribution in [3.05, 3.63) is 52.9 Å². The summed E-state index contributed by atoms with van der Waals surface area (Å²) in [6.45, 7) is 2.08. The zero-order chi connectivity index (χ0) is 14.0. The van der Waals surface area contributed by atoms with Crippen LogP contribution in [0.15, 0.2) is 24.4 Å². The zero-order valence-corrected chi connectivity index (χ0v) is 10.6. The lowest BCUT2D eigenvalue weighted by molar-refractivity contribution is 0.0946. The molecule has 1 aromatic heterocycles. The van der Waals surface area contributed by atoms with Gasteiger partial charge in [0.05, 0.1) is 11.8 Å². The molecule has 100 valence electrons. The van der Waals surface area contributed by atoms with Crippen molar-refractivity contribution in [2.24, 2.45) is 7.05 Å². The molecule has 1 heterocycles. The highest BCUT2D eigenvalue weighted by Crippen LogP contribution is 2.12. The van der Waals surface area contributed by atoms with Gasteiger partial charge in [-0.2, -0.15) is 5.10 Å². The van der Waals surface area contributed by atoms with Gasteiger partial charge in [0.1, 0.15) is 0 Å². The van der Waals surface area contributed by atoms with Crippen LogP contribution >= 0.6 is 0 Å². The summed E-state index contributed by atoms with van der Waals surface area (Å²) in [4.78, 5) is 11.8. The van der Waals surface area contributed by atoms with E-state index in [1.165, 1.54) is 12.1 Å². The van der Waals surface area contributed by atoms with Crippen LogP contribution < -0.4 is 5.32 Å². The number of hydrogen-bond acceptors (Lipinski definition) is 2. The maximum atomic E-state index is 13.4. The summed E-state index contributed by atoms with van der Waals surface area (Å²) in [5.41, 5.74) is 1.43. The molecule has 1 aromatic carbocycles. The fraction of sp³-hybridized carbons (Fsp3) is 0.231. The predicted molar refractivity (Wildman–Crippen MR) is 65.5 cm³/mol. The second-order valence-corrected chi connectivity index (χ2v) is 4.16. The first-order chi connectivity index (χ1) is 9.00.